The number of nitrogens with one attached hydrogen (secondary N) is 1. The van der Waals surface area contributed by atoms with Crippen molar-refractivity contribution in [3.05, 3.63) is 76.0 Å². The van der Waals surface area contributed by atoms with E-state index in [-0.39, 0.29) is 12.0 Å². The number of phosphoric ester groups is 1. The number of benzene rings is 1. The van der Waals surface area contributed by atoms with Crippen molar-refractivity contribution in [1.82, 2.24) is 24.1 Å². The molecule has 6 rings (SSSR count). The van der Waals surface area contributed by atoms with Gasteiger partial charge in [0.05, 0.1) is 30.8 Å². The maximum atomic E-state index is 13.0. The predicted molar refractivity (Wildman–Crippen MR) is 156 cm³/mol. The van der Waals surface area contributed by atoms with Gasteiger partial charge in [0.1, 0.15) is 42.3 Å². The summed E-state index contributed by atoms with van der Waals surface area (Å²) >= 11 is 0. The van der Waals surface area contributed by atoms with Gasteiger partial charge in [0.25, 0.3) is 5.56 Å². The summed E-state index contributed by atoms with van der Waals surface area (Å²) in [6, 6.07) is 10.2. The van der Waals surface area contributed by atoms with Gasteiger partial charge in [-0.05, 0) is 11.6 Å². The molecule has 3 unspecified atom stereocenters. The van der Waals surface area contributed by atoms with E-state index in [9.17, 15) is 29.3 Å². The zero-order chi connectivity index (χ0) is 31.9. The highest BCUT2D eigenvalue weighted by molar-refractivity contribution is 7.47. The quantitative estimate of drug-likeness (QED) is 0.146. The van der Waals surface area contributed by atoms with Crippen molar-refractivity contribution in [2.45, 2.75) is 49.4 Å². The van der Waals surface area contributed by atoms with Gasteiger partial charge in [-0.15, -0.1) is 0 Å². The van der Waals surface area contributed by atoms with Crippen molar-refractivity contribution in [3.8, 4) is 11.1 Å². The number of aliphatic hydroxyl groups excluding tert-OH is 2. The summed E-state index contributed by atoms with van der Waals surface area (Å²) in [6.45, 7) is -1.18. The molecule has 8 atom stereocenters. The molecule has 2 aliphatic heterocycles. The van der Waals surface area contributed by atoms with E-state index >= 15 is 0 Å². The normalized spacial score (nSPS) is 28.0. The number of aromatic nitrogens is 5. The molecule has 45 heavy (non-hydrogen) atoms. The van der Waals surface area contributed by atoms with Crippen LogP contribution >= 0.6 is 7.82 Å². The molecule has 0 spiro atoms. The van der Waals surface area contributed by atoms with Crippen molar-refractivity contribution in [3.63, 3.8) is 0 Å². The largest absolute Gasteiger partial charge is 0.472 e. The van der Waals surface area contributed by atoms with Crippen molar-refractivity contribution in [2.75, 3.05) is 26.1 Å². The summed E-state index contributed by atoms with van der Waals surface area (Å²) in [5.74, 6) is 0. The maximum absolute atomic E-state index is 13.0. The number of imidazole rings is 1. The van der Waals surface area contributed by atoms with Gasteiger partial charge in [-0.1, -0.05) is 30.3 Å². The van der Waals surface area contributed by atoms with Crippen LogP contribution in [0.5, 0.6) is 0 Å². The van der Waals surface area contributed by atoms with Crippen molar-refractivity contribution >= 4 is 24.7 Å². The third kappa shape index (κ3) is 6.09. The number of H-pyrrole nitrogens is 1. The SMILES string of the molecule is CO[C@H]1C(O)[C@@H](COP(=O)(O)OC2C[C@H](n3cc(-c4ccccc4)c(=O)[nH]c3=O)O[C@@H]2CO)O[C@H]1n1cnc2c(N)ccnc21. The molecular formula is C27H31N6O11P. The fourth-order valence-electron chi connectivity index (χ4n) is 5.51. The fourth-order valence-corrected chi connectivity index (χ4v) is 6.47. The molecule has 17 nitrogen and oxygen atoms in total. The van der Waals surface area contributed by atoms with Gasteiger partial charge in [0, 0.05) is 25.9 Å². The van der Waals surface area contributed by atoms with E-state index in [4.69, 9.17) is 29.0 Å². The van der Waals surface area contributed by atoms with Gasteiger partial charge in [0.15, 0.2) is 11.9 Å². The Kier molecular flexibility index (Phi) is 8.71. The molecule has 0 radical (unpaired) electrons. The second-order valence-corrected chi connectivity index (χ2v) is 11.9. The molecule has 0 amide bonds. The van der Waals surface area contributed by atoms with Gasteiger partial charge in [-0.3, -0.25) is 28.0 Å². The lowest BCUT2D eigenvalue weighted by atomic mass is 10.1. The van der Waals surface area contributed by atoms with Crippen LogP contribution in [0.1, 0.15) is 18.9 Å². The standard InChI is InChI=1S/C27H31N6O11P/c1-40-23-22(35)19(43-26(23)33-13-30-21-16(28)7-8-29-24(21)33)12-41-45(38,39)44-17-9-20(42-18(17)11-34)32-10-15(25(36)31-27(32)37)14-5-3-2-4-6-14/h2-8,10,13,17-20,22-23,26,34-35H,9,11-12H2,1H3,(H2,28,29)(H,38,39)(H,31,36,37)/t17?,18-,19-,20-,22?,23+,26-/m1/s1. The average Bonchev–Trinajstić information content (AvgIpc) is 3.71. The molecule has 0 saturated carbocycles. The molecule has 18 heteroatoms. The average molecular weight is 647 g/mol. The van der Waals surface area contributed by atoms with Crippen molar-refractivity contribution in [2.24, 2.45) is 0 Å². The highest BCUT2D eigenvalue weighted by atomic mass is 31.2. The van der Waals surface area contributed by atoms with E-state index in [1.165, 1.54) is 30.4 Å². The number of methoxy groups -OCH3 is 1. The van der Waals surface area contributed by atoms with Crippen LogP contribution < -0.4 is 17.0 Å². The molecule has 1 aromatic carbocycles. The minimum absolute atomic E-state index is 0.139. The van der Waals surface area contributed by atoms with E-state index in [1.807, 2.05) is 0 Å². The number of ether oxygens (including phenoxy) is 3. The second kappa shape index (κ2) is 12.6. The van der Waals surface area contributed by atoms with Gasteiger partial charge in [-0.2, -0.15) is 0 Å². The van der Waals surface area contributed by atoms with E-state index < -0.39 is 75.3 Å². The third-order valence-electron chi connectivity index (χ3n) is 7.74. The number of pyridine rings is 1. The fraction of sp³-hybridized carbons (Fsp3) is 0.407. The van der Waals surface area contributed by atoms with Crippen LogP contribution in [0.2, 0.25) is 0 Å². The second-order valence-electron chi connectivity index (χ2n) is 10.5. The lowest BCUT2D eigenvalue weighted by Gasteiger charge is -2.21. The van der Waals surface area contributed by atoms with Crippen LogP contribution in [-0.4, -0.2) is 90.0 Å². The van der Waals surface area contributed by atoms with Crippen LogP contribution in [0.3, 0.4) is 0 Å². The van der Waals surface area contributed by atoms with Crippen molar-refractivity contribution in [1.29, 1.82) is 0 Å². The van der Waals surface area contributed by atoms with E-state index in [1.54, 1.807) is 36.4 Å². The molecule has 6 N–H and O–H groups in total. The summed E-state index contributed by atoms with van der Waals surface area (Å²) in [5.41, 5.74) is 6.56. The Morgan fingerprint density at radius 2 is 1.91 bits per heavy atom. The van der Waals surface area contributed by atoms with Gasteiger partial charge >= 0.3 is 13.5 Å². The minimum Gasteiger partial charge on any atom is -0.397 e. The third-order valence-corrected chi connectivity index (χ3v) is 8.76. The van der Waals surface area contributed by atoms with Gasteiger partial charge in [0.2, 0.25) is 0 Å². The highest BCUT2D eigenvalue weighted by Gasteiger charge is 2.47. The Bertz CT molecular complexity index is 1830. The molecule has 0 aliphatic carbocycles. The molecule has 5 heterocycles. The number of aromatic amines is 1. The summed E-state index contributed by atoms with van der Waals surface area (Å²) < 4.78 is 43.4. The molecule has 2 fully saturated rings. The van der Waals surface area contributed by atoms with Crippen LogP contribution in [-0.2, 0) is 27.8 Å². The Morgan fingerprint density at radius 3 is 2.64 bits per heavy atom. The summed E-state index contributed by atoms with van der Waals surface area (Å²) in [7, 11) is -3.46. The molecule has 2 saturated heterocycles. The smallest absolute Gasteiger partial charge is 0.397 e. The van der Waals surface area contributed by atoms with E-state index in [0.29, 0.717) is 22.4 Å². The monoisotopic (exact) mass is 646 g/mol. The van der Waals surface area contributed by atoms with Crippen LogP contribution in [0.15, 0.2) is 64.7 Å². The van der Waals surface area contributed by atoms with Crippen LogP contribution in [0.4, 0.5) is 5.69 Å². The summed E-state index contributed by atoms with van der Waals surface area (Å²) in [6.07, 6.45) is -3.47. The molecule has 2 aliphatic rings. The predicted octanol–water partition coefficient (Wildman–Crippen LogP) is 0.286. The molecule has 240 valence electrons. The lowest BCUT2D eigenvalue weighted by molar-refractivity contribution is -0.0627. The molecular weight excluding hydrogens is 615 g/mol. The molecule has 0 bridgehead atoms. The van der Waals surface area contributed by atoms with Gasteiger partial charge in [-0.25, -0.2) is 19.3 Å². The first kappa shape index (κ1) is 31.2. The van der Waals surface area contributed by atoms with Crippen LogP contribution in [0, 0.1) is 0 Å². The Balaban J connectivity index is 1.14. The zero-order valence-electron chi connectivity index (χ0n) is 23.8. The highest BCUT2D eigenvalue weighted by Crippen LogP contribution is 2.49. The number of nitrogens with zero attached hydrogens (tertiary/aromatic N) is 4. The first-order valence-corrected chi connectivity index (χ1v) is 15.4. The first-order valence-electron chi connectivity index (χ1n) is 13.9. The topological polar surface area (TPSA) is 236 Å². The van der Waals surface area contributed by atoms with Crippen LogP contribution in [0.25, 0.3) is 22.3 Å². The minimum atomic E-state index is -4.84. The number of nitrogens with two attached hydrogens (primary N) is 1. The zero-order valence-corrected chi connectivity index (χ0v) is 24.7. The van der Waals surface area contributed by atoms with E-state index in [2.05, 4.69) is 15.0 Å². The number of hydrogen-bond donors (Lipinski definition) is 5. The molecule has 4 aromatic rings. The summed E-state index contributed by atoms with van der Waals surface area (Å²) in [4.78, 5) is 46.5. The first-order chi connectivity index (χ1) is 21.6. The lowest BCUT2D eigenvalue weighted by Crippen LogP contribution is -2.35. The maximum Gasteiger partial charge on any atom is 0.472 e. The van der Waals surface area contributed by atoms with Gasteiger partial charge < -0.3 is 35.1 Å². The Morgan fingerprint density at radius 1 is 1.13 bits per heavy atom. The number of anilines is 1. The number of rotatable bonds is 10. The number of nitrogen functional groups attached to an aromatic ring is 1. The van der Waals surface area contributed by atoms with E-state index in [0.717, 1.165) is 4.57 Å². The summed E-state index contributed by atoms with van der Waals surface area (Å²) in [5, 5.41) is 20.8. The van der Waals surface area contributed by atoms with Crippen molar-refractivity contribution < 1.29 is 42.9 Å². The Labute approximate surface area is 254 Å². The molecule has 3 aromatic heterocycles. The number of hydrogen-bond acceptors (Lipinski definition) is 13. The number of phosphoric acid groups is 1. The Hall–Kier alpha value is -3.77. The number of fused-ring (bicyclic) bond motifs is 1. The number of aliphatic hydroxyl groups is 2.